The van der Waals surface area contributed by atoms with Crippen molar-refractivity contribution in [1.29, 1.82) is 0 Å². The minimum atomic E-state index is -1.28. The van der Waals surface area contributed by atoms with E-state index in [0.717, 1.165) is 22.4 Å². The second-order valence-electron chi connectivity index (χ2n) is 14.9. The Balaban J connectivity index is 0.948. The largest absolute Gasteiger partial charge is 0.497 e. The highest BCUT2D eigenvalue weighted by Gasteiger charge is 2.37. The quantitative estimate of drug-likeness (QED) is 0.0411. The Bertz CT molecular complexity index is 2510. The number of methoxy groups -OCH3 is 1. The van der Waals surface area contributed by atoms with Crippen LogP contribution in [0.15, 0.2) is 114 Å². The number of rotatable bonds is 18. The van der Waals surface area contributed by atoms with E-state index in [0.29, 0.717) is 29.6 Å². The number of aromatic nitrogens is 4. The molecule has 6 aromatic rings. The number of aliphatic carboxylic acids is 1. The first-order valence-electron chi connectivity index (χ1n) is 20.2. The van der Waals surface area contributed by atoms with Gasteiger partial charge in [-0.1, -0.05) is 79.6 Å². The highest BCUT2D eigenvalue weighted by Crippen LogP contribution is 2.49. The Kier molecular flexibility index (Phi) is 13.6. The first kappa shape index (κ1) is 42.4. The van der Waals surface area contributed by atoms with E-state index >= 15 is 0 Å². The van der Waals surface area contributed by atoms with E-state index in [1.807, 2.05) is 30.3 Å². The van der Waals surface area contributed by atoms with Crippen LogP contribution in [0.25, 0.3) is 11.2 Å². The van der Waals surface area contributed by atoms with Crippen molar-refractivity contribution in [2.45, 2.75) is 61.8 Å². The molecule has 14 nitrogen and oxygen atoms in total. The molecule has 314 valence electrons. The Hall–Kier alpha value is -6.74. The summed E-state index contributed by atoms with van der Waals surface area (Å²) in [5.41, 5.74) is 11.3. The molecule has 2 unspecified atom stereocenters. The third kappa shape index (κ3) is 10.2. The molecule has 7 N–H and O–H groups in total. The Morgan fingerprint density at radius 2 is 1.59 bits per heavy atom. The van der Waals surface area contributed by atoms with Gasteiger partial charge in [-0.05, 0) is 83.8 Å². The molecule has 4 aromatic carbocycles. The molecule has 0 aliphatic heterocycles. The lowest BCUT2D eigenvalue weighted by Gasteiger charge is -2.36. The number of benzene rings is 4. The number of nitrogens with zero attached hydrogens (tertiary/aromatic N) is 3. The number of carbonyl (C=O) groups excluding carboxylic acids is 2. The maximum Gasteiger partial charge on any atom is 0.326 e. The monoisotopic (exact) mass is 840 g/mol. The highest BCUT2D eigenvalue weighted by molar-refractivity contribution is 8.00. The van der Waals surface area contributed by atoms with E-state index in [-0.39, 0.29) is 48.0 Å². The number of amides is 2. The molecule has 2 aromatic heterocycles. The molecule has 15 heteroatoms. The Labute approximate surface area is 357 Å². The third-order valence-corrected chi connectivity index (χ3v) is 12.5. The zero-order valence-electron chi connectivity index (χ0n) is 33.7. The summed E-state index contributed by atoms with van der Waals surface area (Å²) in [4.78, 5) is 65.4. The number of carboxylic acid groups (broad SMARTS) is 1. The number of thioether (sulfide) groups is 1. The maximum atomic E-state index is 13.1. The van der Waals surface area contributed by atoms with Crippen LogP contribution in [-0.2, 0) is 20.9 Å². The topological polar surface area (TPSA) is 214 Å². The number of carboxylic acids is 1. The average molecular weight is 841 g/mol. The van der Waals surface area contributed by atoms with Crippen LogP contribution < -0.4 is 32.0 Å². The van der Waals surface area contributed by atoms with Crippen molar-refractivity contribution in [1.82, 2.24) is 30.6 Å². The highest BCUT2D eigenvalue weighted by atomic mass is 32.2. The zero-order valence-corrected chi connectivity index (χ0v) is 34.5. The van der Waals surface area contributed by atoms with E-state index in [9.17, 15) is 24.3 Å². The van der Waals surface area contributed by atoms with E-state index in [2.05, 4.69) is 84.4 Å². The van der Waals surface area contributed by atoms with Crippen LogP contribution in [0.5, 0.6) is 5.75 Å². The summed E-state index contributed by atoms with van der Waals surface area (Å²) >= 11 is 1.73. The lowest BCUT2D eigenvalue weighted by molar-refractivity contribution is -0.139. The van der Waals surface area contributed by atoms with Crippen LogP contribution in [0.2, 0.25) is 0 Å². The summed E-state index contributed by atoms with van der Waals surface area (Å²) in [5, 5.41) is 18.6. The number of H-pyrrole nitrogens is 1. The molecule has 2 atom stereocenters. The van der Waals surface area contributed by atoms with Gasteiger partial charge in [-0.3, -0.25) is 19.4 Å². The summed E-state index contributed by atoms with van der Waals surface area (Å²) in [6, 6.07) is 32.7. The first-order chi connectivity index (χ1) is 29.6. The smallest absolute Gasteiger partial charge is 0.326 e. The summed E-state index contributed by atoms with van der Waals surface area (Å²) in [5.74, 6) is -0.280. The number of hydrogen-bond acceptors (Lipinski definition) is 11. The lowest BCUT2D eigenvalue weighted by Crippen LogP contribution is -2.41. The fraction of sp³-hybridized carbons (Fsp3) is 0.283. The van der Waals surface area contributed by atoms with E-state index in [1.165, 1.54) is 37.4 Å². The van der Waals surface area contributed by atoms with Gasteiger partial charge in [-0.2, -0.15) is 4.98 Å². The second kappa shape index (κ2) is 19.5. The minimum Gasteiger partial charge on any atom is -0.497 e. The predicted molar refractivity (Wildman–Crippen MR) is 237 cm³/mol. The van der Waals surface area contributed by atoms with Gasteiger partial charge in [0.2, 0.25) is 11.9 Å². The fourth-order valence-corrected chi connectivity index (χ4v) is 9.16. The normalized spacial score (nSPS) is 14.2. The first-order valence-corrected chi connectivity index (χ1v) is 21.2. The van der Waals surface area contributed by atoms with Gasteiger partial charge < -0.3 is 31.5 Å². The molecule has 1 fully saturated rings. The van der Waals surface area contributed by atoms with Gasteiger partial charge in [0.15, 0.2) is 11.2 Å². The van der Waals surface area contributed by atoms with Gasteiger partial charge in [0.05, 0.1) is 30.3 Å². The lowest BCUT2D eigenvalue weighted by atomic mass is 9.83. The molecule has 0 saturated heterocycles. The number of carbonyl (C=O) groups is 3. The van der Waals surface area contributed by atoms with E-state index in [4.69, 9.17) is 10.5 Å². The average Bonchev–Trinajstić information content (AvgIpc) is 3.83. The van der Waals surface area contributed by atoms with Crippen molar-refractivity contribution in [2.24, 2.45) is 0 Å². The van der Waals surface area contributed by atoms with Crippen molar-refractivity contribution < 1.29 is 24.2 Å². The second-order valence-corrected chi connectivity index (χ2v) is 16.2. The van der Waals surface area contributed by atoms with Crippen molar-refractivity contribution in [3.63, 3.8) is 0 Å². The molecule has 1 saturated carbocycles. The van der Waals surface area contributed by atoms with E-state index in [1.54, 1.807) is 43.1 Å². The van der Waals surface area contributed by atoms with Crippen LogP contribution in [0.3, 0.4) is 0 Å². The summed E-state index contributed by atoms with van der Waals surface area (Å²) in [7, 11) is 1.65. The van der Waals surface area contributed by atoms with Crippen LogP contribution in [0, 0.1) is 0 Å². The van der Waals surface area contributed by atoms with Crippen LogP contribution >= 0.6 is 11.8 Å². The number of nitrogens with one attached hydrogen (secondary N) is 4. The molecule has 0 bridgehead atoms. The molecule has 1 aliphatic carbocycles. The molecular formula is C46H48N8O6S. The van der Waals surface area contributed by atoms with Gasteiger partial charge in [0, 0.05) is 30.0 Å². The third-order valence-electron chi connectivity index (χ3n) is 10.9. The molecular weight excluding hydrogens is 793 g/mol. The molecule has 0 radical (unpaired) electrons. The number of anilines is 2. The number of ether oxygens (including phenoxy) is 1. The number of nitrogen functional groups attached to an aromatic ring is 1. The minimum absolute atomic E-state index is 0.0497. The van der Waals surface area contributed by atoms with Gasteiger partial charge in [0.25, 0.3) is 11.5 Å². The molecule has 2 heterocycles. The van der Waals surface area contributed by atoms with E-state index < -0.39 is 28.2 Å². The summed E-state index contributed by atoms with van der Waals surface area (Å²) in [6.45, 7) is 0.571. The number of fused-ring (bicyclic) bond motifs is 1. The fourth-order valence-electron chi connectivity index (χ4n) is 7.74. The van der Waals surface area contributed by atoms with Gasteiger partial charge in [-0.15, -0.1) is 11.8 Å². The molecule has 2 amide bonds. The molecule has 7 rings (SSSR count). The van der Waals surface area contributed by atoms with Crippen molar-refractivity contribution in [3.8, 4) is 5.75 Å². The van der Waals surface area contributed by atoms with Crippen LogP contribution in [0.1, 0.15) is 82.7 Å². The Morgan fingerprint density at radius 1 is 0.918 bits per heavy atom. The zero-order chi connectivity index (χ0) is 42.8. The summed E-state index contributed by atoms with van der Waals surface area (Å²) < 4.78 is 4.90. The predicted octanol–water partition coefficient (Wildman–Crippen LogP) is 6.38. The molecule has 1 aliphatic rings. The van der Waals surface area contributed by atoms with Gasteiger partial charge in [0.1, 0.15) is 11.8 Å². The number of aromatic amines is 1. The van der Waals surface area contributed by atoms with Crippen molar-refractivity contribution in [3.05, 3.63) is 153 Å². The SMILES string of the molecule is COc1ccc(C(SCCNC(=O)CCC(NC(=O)c2ccc(NCc3cnc4nc(N)[nH]c(=O)c4n3)cc2)C(=O)O)(c2ccccc2)c2ccc(C3CCCC3)cc2)cc1. The van der Waals surface area contributed by atoms with Gasteiger partial charge in [-0.25, -0.2) is 14.8 Å². The van der Waals surface area contributed by atoms with Crippen LogP contribution in [0.4, 0.5) is 11.6 Å². The maximum absolute atomic E-state index is 13.1. The number of nitrogens with two attached hydrogens (primary N) is 1. The number of hydrogen-bond donors (Lipinski definition) is 6. The standard InChI is InChI=1S/C46H48N8O6S/c1-60-37-21-17-34(18-22-37)46(32-9-3-2-4-10-32,33-15-11-30(12-16-33)29-7-5-6-8-29)61-26-25-48-39(55)24-23-38(44(58)59)52-42(56)31-13-19-35(20-14-31)49-27-36-28-50-41-40(51-36)43(57)54-45(47)53-41/h2-4,9-22,28-29,38,49H,5-8,23-27H2,1H3,(H,48,55)(H,52,56)(H,58,59)(H3,47,50,53,54,57). The Morgan fingerprint density at radius 3 is 2.26 bits per heavy atom. The summed E-state index contributed by atoms with van der Waals surface area (Å²) in [6.07, 6.45) is 6.26. The molecule has 0 spiro atoms. The van der Waals surface area contributed by atoms with Gasteiger partial charge >= 0.3 is 5.97 Å². The van der Waals surface area contributed by atoms with Crippen molar-refractivity contribution in [2.75, 3.05) is 30.5 Å². The molecule has 61 heavy (non-hydrogen) atoms. The van der Waals surface area contributed by atoms with Crippen LogP contribution in [-0.4, -0.2) is 68.3 Å². The van der Waals surface area contributed by atoms with Crippen molar-refractivity contribution >= 4 is 52.3 Å².